The summed E-state index contributed by atoms with van der Waals surface area (Å²) in [6.07, 6.45) is 0. The molecule has 0 amide bonds. The number of fused-ring (bicyclic) bond motifs is 6. The van der Waals surface area contributed by atoms with Gasteiger partial charge in [0.25, 0.3) is 0 Å². The molecule has 0 aliphatic carbocycles. The van der Waals surface area contributed by atoms with Crippen molar-refractivity contribution in [3.05, 3.63) is 182 Å². The van der Waals surface area contributed by atoms with E-state index in [1.54, 1.807) is 0 Å². The van der Waals surface area contributed by atoms with E-state index in [-0.39, 0.29) is 0 Å². The predicted molar refractivity (Wildman–Crippen MR) is 208 cm³/mol. The number of benzene rings is 9. The molecule has 49 heavy (non-hydrogen) atoms. The van der Waals surface area contributed by atoms with Gasteiger partial charge in [-0.3, -0.25) is 0 Å². The summed E-state index contributed by atoms with van der Waals surface area (Å²) in [6, 6.07) is 65.9. The zero-order chi connectivity index (χ0) is 32.3. The summed E-state index contributed by atoms with van der Waals surface area (Å²) in [4.78, 5) is 0. The van der Waals surface area contributed by atoms with Crippen LogP contribution in [0.25, 0.3) is 98.8 Å². The normalized spacial score (nSPS) is 11.7. The molecule has 0 saturated heterocycles. The molecule has 0 spiro atoms. The Morgan fingerprint density at radius 1 is 0.265 bits per heavy atom. The van der Waals surface area contributed by atoms with Crippen molar-refractivity contribution in [3.63, 3.8) is 0 Å². The molecule has 228 valence electrons. The van der Waals surface area contributed by atoms with E-state index >= 15 is 0 Å². The smallest absolute Gasteiger partial charge is 0.135 e. The van der Waals surface area contributed by atoms with Gasteiger partial charge in [0.2, 0.25) is 0 Å². The summed E-state index contributed by atoms with van der Waals surface area (Å²) in [6.45, 7) is 0. The molecule has 0 unspecified atom stereocenters. The van der Waals surface area contributed by atoms with Crippen LogP contribution in [0.15, 0.2) is 186 Å². The van der Waals surface area contributed by atoms with Crippen LogP contribution < -0.4 is 0 Å². The Bertz CT molecular complexity index is 2870. The fraction of sp³-hybridized carbons (Fsp3) is 0. The van der Waals surface area contributed by atoms with E-state index in [2.05, 4.69) is 170 Å². The van der Waals surface area contributed by atoms with E-state index in [1.807, 2.05) is 12.1 Å². The molecule has 1 nitrogen and oxygen atoms in total. The molecule has 0 aliphatic heterocycles. The van der Waals surface area contributed by atoms with Crippen LogP contribution >= 0.6 is 0 Å². The maximum atomic E-state index is 6.25. The summed E-state index contributed by atoms with van der Waals surface area (Å²) in [5.41, 5.74) is 11.6. The van der Waals surface area contributed by atoms with Crippen LogP contribution in [0.5, 0.6) is 0 Å². The topological polar surface area (TPSA) is 13.1 Å². The van der Waals surface area contributed by atoms with Gasteiger partial charge in [-0.15, -0.1) is 0 Å². The van der Waals surface area contributed by atoms with Gasteiger partial charge in [0.1, 0.15) is 11.2 Å². The number of para-hydroxylation sites is 1. The molecule has 1 heterocycles. The van der Waals surface area contributed by atoms with Crippen molar-refractivity contribution in [2.24, 2.45) is 0 Å². The van der Waals surface area contributed by atoms with Crippen molar-refractivity contribution in [1.82, 2.24) is 0 Å². The highest BCUT2D eigenvalue weighted by molar-refractivity contribution is 6.20. The standard InChI is InChI=1S/C48H30O/c1-2-12-31(13-3-1)37-21-10-23-41-43(37)30-44-39(34-17-8-16-33(28-34)38-20-9-15-32-14-4-5-18-36(32)38)22-11-24-42(44)48(41)35-26-27-47-45(29-35)40-19-6-7-25-46(40)49-47/h1-30H. The molecule has 1 aromatic heterocycles. The first-order valence-corrected chi connectivity index (χ1v) is 16.8. The van der Waals surface area contributed by atoms with Gasteiger partial charge in [-0.05, 0) is 107 Å². The molecule has 1 heteroatoms. The Kier molecular flexibility index (Phi) is 6.25. The van der Waals surface area contributed by atoms with Gasteiger partial charge in [0.15, 0.2) is 0 Å². The molecule has 0 N–H and O–H groups in total. The minimum atomic E-state index is 0.908. The summed E-state index contributed by atoms with van der Waals surface area (Å²) >= 11 is 0. The molecule has 0 saturated carbocycles. The van der Waals surface area contributed by atoms with E-state index in [1.165, 1.54) is 76.8 Å². The molecule has 0 atom stereocenters. The van der Waals surface area contributed by atoms with E-state index < -0.39 is 0 Å². The van der Waals surface area contributed by atoms with Crippen molar-refractivity contribution in [1.29, 1.82) is 0 Å². The molecule has 0 bridgehead atoms. The van der Waals surface area contributed by atoms with Gasteiger partial charge in [0.05, 0.1) is 0 Å². The SMILES string of the molecule is c1ccc(-c2cccc3c(-c4ccc5oc6ccccc6c5c4)c4cccc(-c5cccc(-c6cccc7ccccc67)c5)c4cc23)cc1. The molecule has 0 radical (unpaired) electrons. The molecule has 0 fully saturated rings. The van der Waals surface area contributed by atoms with Crippen molar-refractivity contribution in [3.8, 4) is 44.5 Å². The first kappa shape index (κ1) is 27.7. The van der Waals surface area contributed by atoms with Gasteiger partial charge < -0.3 is 4.42 Å². The molecule has 10 aromatic rings. The molecular weight excluding hydrogens is 593 g/mol. The maximum Gasteiger partial charge on any atom is 0.135 e. The number of rotatable bonds is 4. The third-order valence-corrected chi connectivity index (χ3v) is 10.1. The fourth-order valence-corrected chi connectivity index (χ4v) is 7.81. The highest BCUT2D eigenvalue weighted by atomic mass is 16.3. The minimum Gasteiger partial charge on any atom is -0.456 e. The number of hydrogen-bond acceptors (Lipinski definition) is 1. The summed E-state index contributed by atoms with van der Waals surface area (Å²) in [5.74, 6) is 0. The zero-order valence-corrected chi connectivity index (χ0v) is 26.7. The highest BCUT2D eigenvalue weighted by Crippen LogP contribution is 2.45. The molecule has 9 aromatic carbocycles. The maximum absolute atomic E-state index is 6.25. The second-order valence-electron chi connectivity index (χ2n) is 12.8. The first-order valence-electron chi connectivity index (χ1n) is 16.8. The summed E-state index contributed by atoms with van der Waals surface area (Å²) in [7, 11) is 0. The van der Waals surface area contributed by atoms with Gasteiger partial charge in [0, 0.05) is 10.8 Å². The molecular formula is C48H30O. The lowest BCUT2D eigenvalue weighted by molar-refractivity contribution is 0.669. The summed E-state index contributed by atoms with van der Waals surface area (Å²) in [5, 5.41) is 9.74. The van der Waals surface area contributed by atoms with Crippen LogP contribution in [0, 0.1) is 0 Å². The highest BCUT2D eigenvalue weighted by Gasteiger charge is 2.18. The van der Waals surface area contributed by atoms with Gasteiger partial charge in [-0.1, -0.05) is 152 Å². The second kappa shape index (κ2) is 11.1. The van der Waals surface area contributed by atoms with Crippen LogP contribution in [-0.4, -0.2) is 0 Å². The Morgan fingerprint density at radius 2 is 0.796 bits per heavy atom. The second-order valence-corrected chi connectivity index (χ2v) is 12.8. The third kappa shape index (κ3) is 4.47. The predicted octanol–water partition coefficient (Wildman–Crippen LogP) is 13.7. The van der Waals surface area contributed by atoms with E-state index in [0.717, 1.165) is 21.9 Å². The first-order chi connectivity index (χ1) is 24.3. The average Bonchev–Trinajstić information content (AvgIpc) is 3.55. The lowest BCUT2D eigenvalue weighted by Crippen LogP contribution is -1.91. The lowest BCUT2D eigenvalue weighted by Gasteiger charge is -2.18. The van der Waals surface area contributed by atoms with Crippen LogP contribution in [0.3, 0.4) is 0 Å². The van der Waals surface area contributed by atoms with Gasteiger partial charge >= 0.3 is 0 Å². The minimum absolute atomic E-state index is 0.908. The Labute approximate surface area is 284 Å². The van der Waals surface area contributed by atoms with Crippen LogP contribution in [0.2, 0.25) is 0 Å². The van der Waals surface area contributed by atoms with Crippen molar-refractivity contribution >= 4 is 54.3 Å². The van der Waals surface area contributed by atoms with E-state index in [0.29, 0.717) is 0 Å². The van der Waals surface area contributed by atoms with Crippen molar-refractivity contribution in [2.75, 3.05) is 0 Å². The number of furan rings is 1. The Hall–Kier alpha value is -6.44. The van der Waals surface area contributed by atoms with Crippen LogP contribution in [0.1, 0.15) is 0 Å². The third-order valence-electron chi connectivity index (χ3n) is 10.1. The average molecular weight is 623 g/mol. The van der Waals surface area contributed by atoms with Crippen LogP contribution in [0.4, 0.5) is 0 Å². The quantitative estimate of drug-likeness (QED) is 0.178. The lowest BCUT2D eigenvalue weighted by atomic mass is 9.85. The summed E-state index contributed by atoms with van der Waals surface area (Å²) < 4.78 is 6.25. The van der Waals surface area contributed by atoms with E-state index in [9.17, 15) is 0 Å². The van der Waals surface area contributed by atoms with Gasteiger partial charge in [-0.2, -0.15) is 0 Å². The van der Waals surface area contributed by atoms with Crippen LogP contribution in [-0.2, 0) is 0 Å². The fourth-order valence-electron chi connectivity index (χ4n) is 7.81. The monoisotopic (exact) mass is 622 g/mol. The molecule has 10 rings (SSSR count). The largest absolute Gasteiger partial charge is 0.456 e. The van der Waals surface area contributed by atoms with E-state index in [4.69, 9.17) is 4.42 Å². The van der Waals surface area contributed by atoms with Crippen molar-refractivity contribution in [2.45, 2.75) is 0 Å². The Balaban J connectivity index is 1.27. The van der Waals surface area contributed by atoms with Crippen molar-refractivity contribution < 1.29 is 4.42 Å². The molecule has 0 aliphatic rings. The number of hydrogen-bond donors (Lipinski definition) is 0. The Morgan fingerprint density at radius 3 is 1.57 bits per heavy atom. The van der Waals surface area contributed by atoms with Gasteiger partial charge in [-0.25, -0.2) is 0 Å². The zero-order valence-electron chi connectivity index (χ0n) is 26.7.